The van der Waals surface area contributed by atoms with Crippen molar-refractivity contribution in [2.24, 2.45) is 0 Å². The Labute approximate surface area is 242 Å². The summed E-state index contributed by atoms with van der Waals surface area (Å²) < 4.78 is 34.7. The number of nitrogens with one attached hydrogen (secondary N) is 2. The van der Waals surface area contributed by atoms with E-state index in [4.69, 9.17) is 21.3 Å². The molecule has 0 unspecified atom stereocenters. The van der Waals surface area contributed by atoms with Crippen molar-refractivity contribution < 1.29 is 17.9 Å². The molecule has 0 radical (unpaired) electrons. The Kier molecular flexibility index (Phi) is 8.75. The van der Waals surface area contributed by atoms with Crippen LogP contribution >= 0.6 is 22.9 Å². The minimum absolute atomic E-state index is 0.0882. The van der Waals surface area contributed by atoms with Gasteiger partial charge in [-0.15, -0.1) is 0 Å². The second-order valence-electron chi connectivity index (χ2n) is 9.26. The summed E-state index contributed by atoms with van der Waals surface area (Å²) in [6.07, 6.45) is 0. The number of hydrogen-bond donors (Lipinski definition) is 2. The van der Waals surface area contributed by atoms with Gasteiger partial charge < -0.3 is 15.0 Å². The van der Waals surface area contributed by atoms with Crippen LogP contribution in [0.3, 0.4) is 0 Å². The number of fused-ring (bicyclic) bond motifs is 1. The quantitative estimate of drug-likeness (QED) is 0.272. The number of benzene rings is 3. The zero-order valence-electron chi connectivity index (χ0n) is 22.0. The summed E-state index contributed by atoms with van der Waals surface area (Å²) in [5.74, 6) is 0.562. The van der Waals surface area contributed by atoms with E-state index in [1.807, 2.05) is 19.1 Å². The second-order valence-corrected chi connectivity index (χ2v) is 12.4. The lowest BCUT2D eigenvalue weighted by Crippen LogP contribution is -2.48. The molecular weight excluding hydrogens is 570 g/mol. The number of hydrogen-bond acceptors (Lipinski definition) is 8. The van der Waals surface area contributed by atoms with Crippen LogP contribution in [0.4, 0.5) is 10.8 Å². The Hall–Kier alpha value is -3.38. The maximum absolute atomic E-state index is 12.8. The summed E-state index contributed by atoms with van der Waals surface area (Å²) in [5, 5.41) is 4.39. The van der Waals surface area contributed by atoms with Gasteiger partial charge in [-0.3, -0.25) is 14.4 Å². The predicted octanol–water partition coefficient (Wildman–Crippen LogP) is 4.70. The summed E-state index contributed by atoms with van der Waals surface area (Å²) >= 11 is 7.54. The van der Waals surface area contributed by atoms with Gasteiger partial charge in [-0.25, -0.2) is 13.4 Å². The van der Waals surface area contributed by atoms with Crippen molar-refractivity contribution in [2.45, 2.75) is 11.8 Å². The van der Waals surface area contributed by atoms with Crippen LogP contribution in [0.5, 0.6) is 5.75 Å². The molecule has 3 aromatic carbocycles. The Morgan fingerprint density at radius 2 is 1.80 bits per heavy atom. The Balaban J connectivity index is 1.10. The molecule has 2 N–H and O–H groups in total. The van der Waals surface area contributed by atoms with Crippen molar-refractivity contribution in [2.75, 3.05) is 55.5 Å². The largest absolute Gasteiger partial charge is 0.492 e. The molecule has 5 rings (SSSR count). The van der Waals surface area contributed by atoms with Gasteiger partial charge in [0.1, 0.15) is 11.3 Å². The third-order valence-electron chi connectivity index (χ3n) is 6.53. The molecule has 9 nitrogen and oxygen atoms in total. The fourth-order valence-corrected chi connectivity index (χ4v) is 6.67. The maximum atomic E-state index is 12.8. The standard InChI is InChI=1S/C28H30ClN5O4S2/c1-2-38-24-7-4-8-25-26(24)31-28(39-25)34-17-15-33(16-18-34)14-13-30-27(35)20-5-3-6-22(19-20)32-40(36,37)23-11-9-21(29)10-12-23/h3-12,19,32H,2,13-18H2,1H3,(H,30,35). The number of aromatic nitrogens is 1. The molecule has 0 aliphatic carbocycles. The van der Waals surface area contributed by atoms with E-state index in [0.717, 1.165) is 53.8 Å². The zero-order valence-corrected chi connectivity index (χ0v) is 24.4. The molecule has 4 aromatic rings. The van der Waals surface area contributed by atoms with E-state index in [2.05, 4.69) is 25.9 Å². The number of anilines is 2. The second kappa shape index (κ2) is 12.4. The van der Waals surface area contributed by atoms with Gasteiger partial charge in [0.05, 0.1) is 16.2 Å². The number of thiazole rings is 1. The molecule has 1 aromatic heterocycles. The number of para-hydroxylation sites is 1. The van der Waals surface area contributed by atoms with Crippen LogP contribution in [-0.2, 0) is 10.0 Å². The highest BCUT2D eigenvalue weighted by molar-refractivity contribution is 7.92. The first-order valence-electron chi connectivity index (χ1n) is 13.0. The summed E-state index contributed by atoms with van der Waals surface area (Å²) in [6.45, 7) is 7.23. The number of amides is 1. The number of ether oxygens (including phenoxy) is 1. The van der Waals surface area contributed by atoms with Gasteiger partial charge in [0.15, 0.2) is 5.13 Å². The van der Waals surface area contributed by atoms with Gasteiger partial charge >= 0.3 is 0 Å². The van der Waals surface area contributed by atoms with E-state index >= 15 is 0 Å². The zero-order chi connectivity index (χ0) is 28.1. The molecule has 2 heterocycles. The first kappa shape index (κ1) is 28.2. The summed E-state index contributed by atoms with van der Waals surface area (Å²) in [7, 11) is -3.80. The molecule has 1 aliphatic rings. The van der Waals surface area contributed by atoms with Gasteiger partial charge in [0.25, 0.3) is 15.9 Å². The van der Waals surface area contributed by atoms with Crippen molar-refractivity contribution in [3.63, 3.8) is 0 Å². The minimum atomic E-state index is -3.80. The van der Waals surface area contributed by atoms with E-state index in [9.17, 15) is 13.2 Å². The van der Waals surface area contributed by atoms with Gasteiger partial charge in [0, 0.05) is 55.5 Å². The van der Waals surface area contributed by atoms with Crippen LogP contribution in [-0.4, -0.2) is 70.1 Å². The van der Waals surface area contributed by atoms with Crippen molar-refractivity contribution >= 4 is 59.9 Å². The number of nitrogens with zero attached hydrogens (tertiary/aromatic N) is 3. The Bertz CT molecular complexity index is 1590. The van der Waals surface area contributed by atoms with Crippen molar-refractivity contribution in [1.82, 2.24) is 15.2 Å². The van der Waals surface area contributed by atoms with Crippen molar-refractivity contribution in [3.05, 3.63) is 77.3 Å². The lowest BCUT2D eigenvalue weighted by Gasteiger charge is -2.34. The SMILES string of the molecule is CCOc1cccc2sc(N3CCN(CCNC(=O)c4cccc(NS(=O)(=O)c5ccc(Cl)cc5)c4)CC3)nc12. The number of sulfonamides is 1. The molecule has 0 atom stereocenters. The summed E-state index contributed by atoms with van der Waals surface area (Å²) in [6, 6.07) is 18.3. The maximum Gasteiger partial charge on any atom is 0.261 e. The highest BCUT2D eigenvalue weighted by Crippen LogP contribution is 2.34. The highest BCUT2D eigenvalue weighted by Gasteiger charge is 2.21. The number of carbonyl (C=O) groups excluding carboxylic acids is 1. The van der Waals surface area contributed by atoms with Crippen LogP contribution < -0.4 is 19.7 Å². The van der Waals surface area contributed by atoms with E-state index in [1.165, 1.54) is 30.3 Å². The molecule has 1 amide bonds. The number of halogens is 1. The molecule has 1 aliphatic heterocycles. The van der Waals surface area contributed by atoms with E-state index in [-0.39, 0.29) is 10.8 Å². The third-order valence-corrected chi connectivity index (χ3v) is 9.26. The highest BCUT2D eigenvalue weighted by atomic mass is 35.5. The van der Waals surface area contributed by atoms with E-state index in [1.54, 1.807) is 29.5 Å². The molecule has 1 saturated heterocycles. The first-order valence-corrected chi connectivity index (χ1v) is 15.7. The van der Waals surface area contributed by atoms with Crippen LogP contribution in [0.2, 0.25) is 5.02 Å². The van der Waals surface area contributed by atoms with Gasteiger partial charge in [0.2, 0.25) is 0 Å². The fraction of sp³-hybridized carbons (Fsp3) is 0.286. The molecule has 12 heteroatoms. The van der Waals surface area contributed by atoms with E-state index < -0.39 is 10.0 Å². The first-order chi connectivity index (χ1) is 19.3. The lowest BCUT2D eigenvalue weighted by molar-refractivity contribution is 0.0948. The number of rotatable bonds is 10. The van der Waals surface area contributed by atoms with Crippen molar-refractivity contribution in [1.29, 1.82) is 0 Å². The minimum Gasteiger partial charge on any atom is -0.492 e. The van der Waals surface area contributed by atoms with Crippen LogP contribution in [0.1, 0.15) is 17.3 Å². The Morgan fingerprint density at radius 3 is 2.55 bits per heavy atom. The fourth-order valence-electron chi connectivity index (χ4n) is 4.46. The van der Waals surface area contributed by atoms with Crippen LogP contribution in [0.15, 0.2) is 71.6 Å². The predicted molar refractivity (Wildman–Crippen MR) is 160 cm³/mol. The normalized spacial score (nSPS) is 14.3. The molecule has 210 valence electrons. The van der Waals surface area contributed by atoms with Gasteiger partial charge in [-0.2, -0.15) is 0 Å². The van der Waals surface area contributed by atoms with Crippen molar-refractivity contribution in [3.8, 4) is 5.75 Å². The van der Waals surface area contributed by atoms with Gasteiger partial charge in [-0.1, -0.05) is 35.1 Å². The van der Waals surface area contributed by atoms with Crippen LogP contribution in [0.25, 0.3) is 10.2 Å². The lowest BCUT2D eigenvalue weighted by atomic mass is 10.2. The molecule has 40 heavy (non-hydrogen) atoms. The van der Waals surface area contributed by atoms with Gasteiger partial charge in [-0.05, 0) is 61.5 Å². The monoisotopic (exact) mass is 599 g/mol. The summed E-state index contributed by atoms with van der Waals surface area (Å²) in [4.78, 5) is 22.3. The molecule has 0 spiro atoms. The Morgan fingerprint density at radius 1 is 1.05 bits per heavy atom. The third kappa shape index (κ3) is 6.67. The van der Waals surface area contributed by atoms with Crippen LogP contribution in [0, 0.1) is 0 Å². The number of carbonyl (C=O) groups is 1. The molecule has 0 bridgehead atoms. The smallest absolute Gasteiger partial charge is 0.261 e. The summed E-state index contributed by atoms with van der Waals surface area (Å²) in [5.41, 5.74) is 1.60. The average Bonchev–Trinajstić information content (AvgIpc) is 3.39. The molecule has 1 fully saturated rings. The van der Waals surface area contributed by atoms with E-state index in [0.29, 0.717) is 29.4 Å². The number of piperazine rings is 1. The molecular formula is C28H30ClN5O4S2. The topological polar surface area (TPSA) is 104 Å². The average molecular weight is 600 g/mol. The molecule has 0 saturated carbocycles.